The van der Waals surface area contributed by atoms with Gasteiger partial charge < -0.3 is 4.42 Å². The van der Waals surface area contributed by atoms with Crippen molar-refractivity contribution in [1.82, 2.24) is 15.0 Å². The van der Waals surface area contributed by atoms with E-state index in [1.165, 1.54) is 25.0 Å². The standard InChI is InChI=1S/C21H16FN3OS/c22-15-9-7-14(8-10-15)20-23-16(11-26-20)12-27-21-17-3-1-2-4-18(17)24-19(25-21)13-5-6-13/h1-4,7-11,13H,5-6,12H2. The van der Waals surface area contributed by atoms with Gasteiger partial charge in [0.1, 0.15) is 22.9 Å². The fraction of sp³-hybridized carbons (Fsp3) is 0.190. The number of hydrogen-bond donors (Lipinski definition) is 0. The third-order valence-electron chi connectivity index (χ3n) is 4.53. The van der Waals surface area contributed by atoms with Crippen LogP contribution in [0.3, 0.4) is 0 Å². The molecule has 1 aliphatic rings. The van der Waals surface area contributed by atoms with Gasteiger partial charge in [0, 0.05) is 22.6 Å². The molecule has 27 heavy (non-hydrogen) atoms. The molecule has 1 fully saturated rings. The molecule has 0 amide bonds. The lowest BCUT2D eigenvalue weighted by Gasteiger charge is -2.07. The average molecular weight is 377 g/mol. The second-order valence-corrected chi connectivity index (χ2v) is 7.58. The highest BCUT2D eigenvalue weighted by Crippen LogP contribution is 2.40. The maximum absolute atomic E-state index is 13.1. The minimum absolute atomic E-state index is 0.275. The summed E-state index contributed by atoms with van der Waals surface area (Å²) in [6.45, 7) is 0. The Bertz CT molecular complexity index is 1110. The molecule has 2 aromatic carbocycles. The molecule has 0 atom stereocenters. The number of benzene rings is 2. The summed E-state index contributed by atoms with van der Waals surface area (Å²) in [4.78, 5) is 14.0. The number of thioether (sulfide) groups is 1. The Kier molecular flexibility index (Phi) is 4.13. The van der Waals surface area contributed by atoms with Gasteiger partial charge in [0.2, 0.25) is 5.89 Å². The smallest absolute Gasteiger partial charge is 0.226 e. The van der Waals surface area contributed by atoms with Crippen LogP contribution in [0.4, 0.5) is 4.39 Å². The van der Waals surface area contributed by atoms with Gasteiger partial charge in [0.05, 0.1) is 11.2 Å². The first-order chi connectivity index (χ1) is 13.3. The molecule has 2 heterocycles. The summed E-state index contributed by atoms with van der Waals surface area (Å²) >= 11 is 1.64. The molecule has 0 N–H and O–H groups in total. The number of aromatic nitrogens is 3. The van der Waals surface area contributed by atoms with Crippen LogP contribution in [0.1, 0.15) is 30.3 Å². The maximum atomic E-state index is 13.1. The Hall–Kier alpha value is -2.73. The number of para-hydroxylation sites is 1. The van der Waals surface area contributed by atoms with Gasteiger partial charge in [0.15, 0.2) is 0 Å². The van der Waals surface area contributed by atoms with E-state index in [2.05, 4.69) is 11.1 Å². The van der Waals surface area contributed by atoms with Crippen LogP contribution in [-0.2, 0) is 5.75 Å². The predicted molar refractivity (Wildman–Crippen MR) is 103 cm³/mol. The van der Waals surface area contributed by atoms with E-state index < -0.39 is 0 Å². The molecule has 5 rings (SSSR count). The fourth-order valence-electron chi connectivity index (χ4n) is 2.94. The van der Waals surface area contributed by atoms with E-state index in [9.17, 15) is 4.39 Å². The predicted octanol–water partition coefficient (Wildman–Crippen LogP) is 5.59. The zero-order valence-electron chi connectivity index (χ0n) is 14.4. The van der Waals surface area contributed by atoms with Gasteiger partial charge >= 0.3 is 0 Å². The van der Waals surface area contributed by atoms with Crippen LogP contribution in [0.5, 0.6) is 0 Å². The third kappa shape index (κ3) is 3.45. The number of nitrogens with zero attached hydrogens (tertiary/aromatic N) is 3. The SMILES string of the molecule is Fc1ccc(-c2nc(CSc3nc(C4CC4)nc4ccccc34)co2)cc1. The monoisotopic (exact) mass is 377 g/mol. The van der Waals surface area contributed by atoms with E-state index in [0.29, 0.717) is 17.6 Å². The van der Waals surface area contributed by atoms with Crippen molar-refractivity contribution >= 4 is 22.7 Å². The van der Waals surface area contributed by atoms with Gasteiger partial charge in [-0.2, -0.15) is 0 Å². The summed E-state index contributed by atoms with van der Waals surface area (Å²) in [5.41, 5.74) is 2.58. The van der Waals surface area contributed by atoms with E-state index in [-0.39, 0.29) is 5.82 Å². The van der Waals surface area contributed by atoms with Crippen molar-refractivity contribution in [2.75, 3.05) is 0 Å². The van der Waals surface area contributed by atoms with Crippen LogP contribution < -0.4 is 0 Å². The lowest BCUT2D eigenvalue weighted by molar-refractivity contribution is 0.573. The molecule has 4 nitrogen and oxygen atoms in total. The largest absolute Gasteiger partial charge is 0.444 e. The Morgan fingerprint density at radius 2 is 1.81 bits per heavy atom. The van der Waals surface area contributed by atoms with Crippen LogP contribution >= 0.6 is 11.8 Å². The molecular formula is C21H16FN3OS. The molecule has 0 aliphatic heterocycles. The lowest BCUT2D eigenvalue weighted by Crippen LogP contribution is -1.96. The Morgan fingerprint density at radius 1 is 1.00 bits per heavy atom. The van der Waals surface area contributed by atoms with Gasteiger partial charge in [-0.1, -0.05) is 30.0 Å². The van der Waals surface area contributed by atoms with Crippen LogP contribution in [-0.4, -0.2) is 15.0 Å². The molecule has 1 aliphatic carbocycles. The Balaban J connectivity index is 1.39. The summed E-state index contributed by atoms with van der Waals surface area (Å²) in [5.74, 6) is 2.32. The molecule has 0 spiro atoms. The number of oxazole rings is 1. The van der Waals surface area contributed by atoms with Gasteiger partial charge in [-0.15, -0.1) is 0 Å². The molecule has 2 aromatic heterocycles. The van der Waals surface area contributed by atoms with E-state index in [1.807, 2.05) is 18.2 Å². The number of fused-ring (bicyclic) bond motifs is 1. The summed E-state index contributed by atoms with van der Waals surface area (Å²) in [7, 11) is 0. The summed E-state index contributed by atoms with van der Waals surface area (Å²) in [5, 5.41) is 2.04. The first kappa shape index (κ1) is 16.4. The van der Waals surface area contributed by atoms with Crippen LogP contribution in [0.25, 0.3) is 22.4 Å². The maximum Gasteiger partial charge on any atom is 0.226 e. The molecule has 6 heteroatoms. The second kappa shape index (κ2) is 6.78. The fourth-order valence-corrected chi connectivity index (χ4v) is 3.84. The van der Waals surface area contributed by atoms with E-state index >= 15 is 0 Å². The first-order valence-corrected chi connectivity index (χ1v) is 9.84. The lowest BCUT2D eigenvalue weighted by atomic mass is 10.2. The number of halogens is 1. The van der Waals surface area contributed by atoms with Crippen LogP contribution in [0, 0.1) is 5.82 Å². The number of hydrogen-bond acceptors (Lipinski definition) is 5. The van der Waals surface area contributed by atoms with Gasteiger partial charge in [-0.3, -0.25) is 0 Å². The van der Waals surface area contributed by atoms with Crippen molar-refractivity contribution in [1.29, 1.82) is 0 Å². The molecular weight excluding hydrogens is 361 g/mol. The quantitative estimate of drug-likeness (QED) is 0.335. The first-order valence-electron chi connectivity index (χ1n) is 8.86. The summed E-state index contributed by atoms with van der Waals surface area (Å²) in [6.07, 6.45) is 4.00. The molecule has 0 saturated heterocycles. The van der Waals surface area contributed by atoms with Crippen LogP contribution in [0.15, 0.2) is 64.2 Å². The second-order valence-electron chi connectivity index (χ2n) is 6.62. The highest BCUT2D eigenvalue weighted by atomic mass is 32.2. The Morgan fingerprint density at radius 3 is 2.63 bits per heavy atom. The minimum atomic E-state index is -0.275. The molecule has 0 unspecified atom stereocenters. The molecule has 0 bridgehead atoms. The van der Waals surface area contributed by atoms with Crippen molar-refractivity contribution in [2.24, 2.45) is 0 Å². The zero-order chi connectivity index (χ0) is 18.2. The average Bonchev–Trinajstić information content (AvgIpc) is 3.45. The summed E-state index contributed by atoms with van der Waals surface area (Å²) < 4.78 is 18.6. The number of rotatable bonds is 5. The van der Waals surface area contributed by atoms with Gasteiger partial charge in [0.25, 0.3) is 0 Å². The third-order valence-corrected chi connectivity index (χ3v) is 5.55. The molecule has 0 radical (unpaired) electrons. The molecule has 4 aromatic rings. The van der Waals surface area contributed by atoms with Crippen molar-refractivity contribution in [3.63, 3.8) is 0 Å². The minimum Gasteiger partial charge on any atom is -0.444 e. The highest BCUT2D eigenvalue weighted by molar-refractivity contribution is 7.98. The normalized spacial score (nSPS) is 14.0. The van der Waals surface area contributed by atoms with Crippen LogP contribution in [0.2, 0.25) is 0 Å². The molecule has 134 valence electrons. The Labute approximate surface area is 159 Å². The van der Waals surface area contributed by atoms with Crippen molar-refractivity contribution < 1.29 is 8.81 Å². The van der Waals surface area contributed by atoms with Crippen molar-refractivity contribution in [3.05, 3.63) is 72.1 Å². The summed E-state index contributed by atoms with van der Waals surface area (Å²) in [6, 6.07) is 14.2. The van der Waals surface area contributed by atoms with Crippen molar-refractivity contribution in [2.45, 2.75) is 29.5 Å². The highest BCUT2D eigenvalue weighted by Gasteiger charge is 2.27. The molecule has 1 saturated carbocycles. The van der Waals surface area contributed by atoms with E-state index in [1.54, 1.807) is 30.2 Å². The zero-order valence-corrected chi connectivity index (χ0v) is 15.2. The van der Waals surface area contributed by atoms with Gasteiger partial charge in [-0.05, 0) is 43.2 Å². The van der Waals surface area contributed by atoms with E-state index in [0.717, 1.165) is 33.0 Å². The van der Waals surface area contributed by atoms with E-state index in [4.69, 9.17) is 14.4 Å². The van der Waals surface area contributed by atoms with Crippen molar-refractivity contribution in [3.8, 4) is 11.5 Å². The topological polar surface area (TPSA) is 51.8 Å². The van der Waals surface area contributed by atoms with Gasteiger partial charge in [-0.25, -0.2) is 19.3 Å².